The van der Waals surface area contributed by atoms with Crippen molar-refractivity contribution in [3.8, 4) is 22.9 Å². The number of carbonyl (C=O) groups is 1. The van der Waals surface area contributed by atoms with Crippen LogP contribution in [0.15, 0.2) is 75.0 Å². The molecule has 0 saturated heterocycles. The van der Waals surface area contributed by atoms with Crippen LogP contribution in [0.1, 0.15) is 25.0 Å². The zero-order valence-corrected chi connectivity index (χ0v) is 23.0. The van der Waals surface area contributed by atoms with Gasteiger partial charge in [-0.25, -0.2) is 9.78 Å². The molecule has 0 saturated carbocycles. The molecular weight excluding hydrogens is 595 g/mol. The number of fused-ring (bicyclic) bond motifs is 1. The minimum absolute atomic E-state index is 0.0617. The summed E-state index contributed by atoms with van der Waals surface area (Å²) in [6.07, 6.45) is -3.24. The Morgan fingerprint density at radius 3 is 2.50 bits per heavy atom. The van der Waals surface area contributed by atoms with E-state index in [4.69, 9.17) is 14.2 Å². The van der Waals surface area contributed by atoms with Gasteiger partial charge in [-0.15, -0.1) is 0 Å². The van der Waals surface area contributed by atoms with Gasteiger partial charge in [0.05, 0.1) is 35.9 Å². The summed E-state index contributed by atoms with van der Waals surface area (Å²) < 4.78 is 57.8. The summed E-state index contributed by atoms with van der Waals surface area (Å²) in [5, 5.41) is 4.56. The fourth-order valence-corrected chi connectivity index (χ4v) is 4.17. The summed E-state index contributed by atoms with van der Waals surface area (Å²) in [4.78, 5) is 29.6. The van der Waals surface area contributed by atoms with Crippen LogP contribution in [0.5, 0.6) is 11.5 Å². The molecule has 0 fully saturated rings. The van der Waals surface area contributed by atoms with E-state index in [0.29, 0.717) is 27.9 Å². The Hall–Kier alpha value is -4.19. The lowest BCUT2D eigenvalue weighted by atomic mass is 10.1. The second kappa shape index (κ2) is 12.3. The van der Waals surface area contributed by atoms with E-state index in [1.165, 1.54) is 18.3 Å². The van der Waals surface area contributed by atoms with E-state index in [0.717, 1.165) is 16.8 Å². The monoisotopic (exact) mass is 617 g/mol. The Bertz CT molecular complexity index is 1640. The summed E-state index contributed by atoms with van der Waals surface area (Å²) >= 11 is 3.43. The highest BCUT2D eigenvalue weighted by atomic mass is 79.9. The van der Waals surface area contributed by atoms with Crippen LogP contribution < -0.4 is 15.0 Å². The second-order valence-electron chi connectivity index (χ2n) is 8.24. The van der Waals surface area contributed by atoms with Crippen LogP contribution in [-0.4, -0.2) is 41.7 Å². The number of carbonyl (C=O) groups excluding carboxylic acids is 1. The Labute approximate surface area is 235 Å². The van der Waals surface area contributed by atoms with Crippen molar-refractivity contribution in [1.29, 1.82) is 0 Å². The predicted molar refractivity (Wildman–Crippen MR) is 147 cm³/mol. The molecule has 0 aliphatic heterocycles. The third-order valence-corrected chi connectivity index (χ3v) is 6.21. The van der Waals surface area contributed by atoms with Gasteiger partial charge in [0.15, 0.2) is 23.9 Å². The largest absolute Gasteiger partial charge is 0.490 e. The molecule has 0 aliphatic carbocycles. The maximum absolute atomic E-state index is 13.4. The number of rotatable bonds is 9. The molecule has 4 aromatic rings. The summed E-state index contributed by atoms with van der Waals surface area (Å²) in [6, 6.07) is 14.2. The van der Waals surface area contributed by atoms with Gasteiger partial charge >= 0.3 is 12.1 Å². The summed E-state index contributed by atoms with van der Waals surface area (Å²) in [7, 11) is 0. The van der Waals surface area contributed by atoms with E-state index in [-0.39, 0.29) is 35.7 Å². The molecule has 12 heteroatoms. The molecule has 0 spiro atoms. The molecule has 3 aromatic carbocycles. The van der Waals surface area contributed by atoms with Crippen molar-refractivity contribution in [2.24, 2.45) is 5.10 Å². The first-order valence-corrected chi connectivity index (χ1v) is 12.9. The Balaban J connectivity index is 1.81. The Morgan fingerprint density at radius 2 is 1.77 bits per heavy atom. The predicted octanol–water partition coefficient (Wildman–Crippen LogP) is 6.07. The zero-order valence-electron chi connectivity index (χ0n) is 21.4. The average molecular weight is 618 g/mol. The number of benzene rings is 3. The molecule has 1 heterocycles. The van der Waals surface area contributed by atoms with Crippen molar-refractivity contribution in [3.63, 3.8) is 0 Å². The molecule has 0 amide bonds. The lowest BCUT2D eigenvalue weighted by Crippen LogP contribution is -2.20. The Morgan fingerprint density at radius 1 is 1.02 bits per heavy atom. The minimum atomic E-state index is -4.58. The summed E-state index contributed by atoms with van der Waals surface area (Å²) in [6.45, 7) is 3.63. The lowest BCUT2D eigenvalue weighted by molar-refractivity contribution is -0.145. The molecule has 0 bridgehead atoms. The maximum atomic E-state index is 13.4. The highest BCUT2D eigenvalue weighted by Crippen LogP contribution is 2.34. The minimum Gasteiger partial charge on any atom is -0.490 e. The first-order chi connectivity index (χ1) is 19.1. The average Bonchev–Trinajstić information content (AvgIpc) is 2.93. The van der Waals surface area contributed by atoms with Gasteiger partial charge in [-0.1, -0.05) is 24.3 Å². The van der Waals surface area contributed by atoms with Crippen LogP contribution in [0.2, 0.25) is 0 Å². The van der Waals surface area contributed by atoms with Crippen LogP contribution in [-0.2, 0) is 15.7 Å². The number of hydrogen-bond donors (Lipinski definition) is 0. The quantitative estimate of drug-likeness (QED) is 0.167. The third-order valence-electron chi connectivity index (χ3n) is 5.53. The SMILES string of the molecule is CCOC(=O)COc1cc(Br)c(C=Nn2c(-c3cccc(C(F)(F)F)c3)nc3ccccc3c2=O)cc1OCC. The molecule has 0 aliphatic rings. The first-order valence-electron chi connectivity index (χ1n) is 12.1. The molecule has 0 N–H and O–H groups in total. The van der Waals surface area contributed by atoms with Gasteiger partial charge in [-0.05, 0) is 66.2 Å². The number of esters is 1. The van der Waals surface area contributed by atoms with E-state index < -0.39 is 23.3 Å². The van der Waals surface area contributed by atoms with Gasteiger partial charge in [0.25, 0.3) is 5.56 Å². The smallest absolute Gasteiger partial charge is 0.416 e. The molecule has 8 nitrogen and oxygen atoms in total. The van der Waals surface area contributed by atoms with Crippen LogP contribution in [0.4, 0.5) is 13.2 Å². The number of para-hydroxylation sites is 1. The first kappa shape index (κ1) is 28.8. The standard InChI is InChI=1S/C28H23BrF3N3O5/c1-3-38-23-13-18(21(29)14-24(23)40-16-25(36)39-4-2)15-33-35-26(17-8-7-9-19(12-17)28(30,31)32)34-22-11-6-5-10-20(22)27(35)37/h5-15H,3-4,16H2,1-2H3. The van der Waals surface area contributed by atoms with Crippen LogP contribution >= 0.6 is 15.9 Å². The number of nitrogens with zero attached hydrogens (tertiary/aromatic N) is 3. The lowest BCUT2D eigenvalue weighted by Gasteiger charge is -2.14. The molecule has 208 valence electrons. The van der Waals surface area contributed by atoms with Crippen LogP contribution in [0, 0.1) is 0 Å². The molecule has 0 unspecified atom stereocenters. The van der Waals surface area contributed by atoms with Crippen molar-refractivity contribution >= 4 is 39.0 Å². The molecule has 4 rings (SSSR count). The summed E-state index contributed by atoms with van der Waals surface area (Å²) in [5.41, 5.74) is -0.613. The van der Waals surface area contributed by atoms with Gasteiger partial charge in [-0.2, -0.15) is 22.9 Å². The van der Waals surface area contributed by atoms with Crippen LogP contribution in [0.3, 0.4) is 0 Å². The van der Waals surface area contributed by atoms with Gasteiger partial charge in [0.1, 0.15) is 0 Å². The van der Waals surface area contributed by atoms with Gasteiger partial charge < -0.3 is 14.2 Å². The Kier molecular flexibility index (Phi) is 8.88. The fourth-order valence-electron chi connectivity index (χ4n) is 3.74. The van der Waals surface area contributed by atoms with Gasteiger partial charge in [0, 0.05) is 15.6 Å². The number of aromatic nitrogens is 2. The van der Waals surface area contributed by atoms with Crippen molar-refractivity contribution in [1.82, 2.24) is 9.66 Å². The van der Waals surface area contributed by atoms with E-state index >= 15 is 0 Å². The van der Waals surface area contributed by atoms with E-state index in [9.17, 15) is 22.8 Å². The fraction of sp³-hybridized carbons (Fsp3) is 0.214. The van der Waals surface area contributed by atoms with E-state index in [1.54, 1.807) is 50.2 Å². The van der Waals surface area contributed by atoms with Gasteiger partial charge in [0.2, 0.25) is 0 Å². The molecular formula is C28H23BrF3N3O5. The topological polar surface area (TPSA) is 92.0 Å². The van der Waals surface area contributed by atoms with Crippen molar-refractivity contribution < 1.29 is 32.2 Å². The molecule has 0 atom stereocenters. The normalized spacial score (nSPS) is 11.7. The molecule has 40 heavy (non-hydrogen) atoms. The summed E-state index contributed by atoms with van der Waals surface area (Å²) in [5.74, 6) is -0.0368. The van der Waals surface area contributed by atoms with Crippen LogP contribution in [0.25, 0.3) is 22.3 Å². The van der Waals surface area contributed by atoms with E-state index in [2.05, 4.69) is 26.0 Å². The highest BCUT2D eigenvalue weighted by Gasteiger charge is 2.31. The van der Waals surface area contributed by atoms with Gasteiger partial charge in [-0.3, -0.25) is 4.79 Å². The number of halogens is 4. The molecule has 1 aromatic heterocycles. The maximum Gasteiger partial charge on any atom is 0.416 e. The highest BCUT2D eigenvalue weighted by molar-refractivity contribution is 9.10. The van der Waals surface area contributed by atoms with E-state index in [1.807, 2.05) is 0 Å². The number of hydrogen-bond acceptors (Lipinski definition) is 7. The van der Waals surface area contributed by atoms with Crippen molar-refractivity contribution in [3.05, 3.63) is 86.6 Å². The van der Waals surface area contributed by atoms with Crippen molar-refractivity contribution in [2.75, 3.05) is 19.8 Å². The zero-order chi connectivity index (χ0) is 28.9. The third kappa shape index (κ3) is 6.50. The molecule has 0 radical (unpaired) electrons. The second-order valence-corrected chi connectivity index (χ2v) is 9.09. The van der Waals surface area contributed by atoms with Crippen molar-refractivity contribution in [2.45, 2.75) is 20.0 Å². The number of ether oxygens (including phenoxy) is 3. The number of alkyl halides is 3.